The van der Waals surface area contributed by atoms with E-state index >= 15 is 0 Å². The van der Waals surface area contributed by atoms with Gasteiger partial charge in [-0.3, -0.25) is 4.90 Å². The van der Waals surface area contributed by atoms with Crippen molar-refractivity contribution in [3.63, 3.8) is 0 Å². The third-order valence-electron chi connectivity index (χ3n) is 3.97. The summed E-state index contributed by atoms with van der Waals surface area (Å²) in [6.45, 7) is 8.46. The van der Waals surface area contributed by atoms with Gasteiger partial charge in [0.15, 0.2) is 0 Å². The van der Waals surface area contributed by atoms with Gasteiger partial charge in [0.1, 0.15) is 0 Å². The quantitative estimate of drug-likeness (QED) is 0.685. The summed E-state index contributed by atoms with van der Waals surface area (Å²) in [5.41, 5.74) is 0. The fraction of sp³-hybridized carbons (Fsp3) is 1.00. The van der Waals surface area contributed by atoms with Gasteiger partial charge >= 0.3 is 0 Å². The van der Waals surface area contributed by atoms with Gasteiger partial charge in [0, 0.05) is 39.3 Å². The van der Waals surface area contributed by atoms with Gasteiger partial charge in [-0.05, 0) is 25.3 Å². The van der Waals surface area contributed by atoms with Crippen LogP contribution < -0.4 is 10.6 Å². The van der Waals surface area contributed by atoms with Crippen LogP contribution in [-0.4, -0.2) is 50.7 Å². The summed E-state index contributed by atoms with van der Waals surface area (Å²) in [6, 6.07) is 0. The Morgan fingerprint density at radius 1 is 1.06 bits per heavy atom. The third-order valence-corrected chi connectivity index (χ3v) is 3.97. The molecular weight excluding hydrogens is 198 g/mol. The molecule has 0 bridgehead atoms. The lowest BCUT2D eigenvalue weighted by Gasteiger charge is -2.28. The van der Waals surface area contributed by atoms with Crippen LogP contribution in [0.5, 0.6) is 0 Å². The summed E-state index contributed by atoms with van der Waals surface area (Å²) in [5.74, 6) is 0.969. The van der Waals surface area contributed by atoms with E-state index in [-0.39, 0.29) is 0 Å². The number of rotatable bonds is 5. The minimum absolute atomic E-state index is 0.969. The van der Waals surface area contributed by atoms with Gasteiger partial charge in [0.05, 0.1) is 0 Å². The second kappa shape index (κ2) is 7.25. The first-order valence-electron chi connectivity index (χ1n) is 7.09. The first-order valence-corrected chi connectivity index (χ1v) is 7.09. The second-order valence-corrected chi connectivity index (χ2v) is 5.30. The van der Waals surface area contributed by atoms with Crippen LogP contribution >= 0.6 is 0 Å². The molecule has 0 aromatic carbocycles. The molecule has 1 heterocycles. The molecule has 94 valence electrons. The molecule has 16 heavy (non-hydrogen) atoms. The SMILES string of the molecule is C1CCC(CNCCN2CCNCC2)CC1. The van der Waals surface area contributed by atoms with Gasteiger partial charge in [-0.1, -0.05) is 19.3 Å². The molecule has 2 fully saturated rings. The van der Waals surface area contributed by atoms with Crippen LogP contribution in [0, 0.1) is 5.92 Å². The Bertz CT molecular complexity index is 152. The van der Waals surface area contributed by atoms with Crippen LogP contribution in [0.2, 0.25) is 0 Å². The van der Waals surface area contributed by atoms with Gasteiger partial charge in [-0.25, -0.2) is 0 Å². The zero-order chi connectivity index (χ0) is 11.1. The van der Waals surface area contributed by atoms with Gasteiger partial charge in [0.25, 0.3) is 0 Å². The summed E-state index contributed by atoms with van der Waals surface area (Å²) in [6.07, 6.45) is 7.31. The molecule has 0 atom stereocenters. The highest BCUT2D eigenvalue weighted by atomic mass is 15.2. The van der Waals surface area contributed by atoms with E-state index in [0.717, 1.165) is 5.92 Å². The van der Waals surface area contributed by atoms with Crippen LogP contribution in [0.25, 0.3) is 0 Å². The fourth-order valence-corrected chi connectivity index (χ4v) is 2.87. The number of piperazine rings is 1. The molecule has 0 radical (unpaired) electrons. The van der Waals surface area contributed by atoms with Crippen molar-refractivity contribution in [2.45, 2.75) is 32.1 Å². The Morgan fingerprint density at radius 3 is 2.56 bits per heavy atom. The average Bonchev–Trinajstić information content (AvgIpc) is 2.37. The van der Waals surface area contributed by atoms with E-state index in [1.165, 1.54) is 77.9 Å². The molecule has 1 aliphatic heterocycles. The summed E-state index contributed by atoms with van der Waals surface area (Å²) in [4.78, 5) is 2.56. The predicted octanol–water partition coefficient (Wildman–Crippen LogP) is 1.06. The number of hydrogen-bond acceptors (Lipinski definition) is 3. The van der Waals surface area contributed by atoms with Crippen LogP contribution in [0.4, 0.5) is 0 Å². The zero-order valence-electron chi connectivity index (χ0n) is 10.5. The molecule has 1 saturated heterocycles. The molecule has 0 spiro atoms. The van der Waals surface area contributed by atoms with Crippen LogP contribution in [-0.2, 0) is 0 Å². The van der Waals surface area contributed by atoms with E-state index in [0.29, 0.717) is 0 Å². The second-order valence-electron chi connectivity index (χ2n) is 5.30. The number of hydrogen-bond donors (Lipinski definition) is 2. The van der Waals surface area contributed by atoms with Crippen LogP contribution in [0.1, 0.15) is 32.1 Å². The maximum atomic E-state index is 3.64. The normalized spacial score (nSPS) is 24.8. The smallest absolute Gasteiger partial charge is 0.0108 e. The lowest BCUT2D eigenvalue weighted by molar-refractivity contribution is 0.237. The molecule has 2 rings (SSSR count). The molecule has 2 aliphatic rings. The van der Waals surface area contributed by atoms with Crippen molar-refractivity contribution in [3.05, 3.63) is 0 Å². The molecular formula is C13H27N3. The Hall–Kier alpha value is -0.120. The first kappa shape index (κ1) is 12.3. The first-order chi connectivity index (χ1) is 7.95. The van der Waals surface area contributed by atoms with Crippen molar-refractivity contribution in [2.75, 3.05) is 45.8 Å². The highest BCUT2D eigenvalue weighted by Gasteiger charge is 2.13. The van der Waals surface area contributed by atoms with Crippen molar-refractivity contribution in [1.82, 2.24) is 15.5 Å². The third kappa shape index (κ3) is 4.40. The molecule has 0 amide bonds. The van der Waals surface area contributed by atoms with E-state index in [1.807, 2.05) is 0 Å². The van der Waals surface area contributed by atoms with Crippen molar-refractivity contribution < 1.29 is 0 Å². The van der Waals surface area contributed by atoms with Crippen LogP contribution in [0.15, 0.2) is 0 Å². The summed E-state index contributed by atoms with van der Waals surface area (Å²) < 4.78 is 0. The molecule has 1 aliphatic carbocycles. The maximum Gasteiger partial charge on any atom is 0.0108 e. The fourth-order valence-electron chi connectivity index (χ4n) is 2.87. The highest BCUT2D eigenvalue weighted by Crippen LogP contribution is 2.22. The lowest BCUT2D eigenvalue weighted by atomic mass is 9.89. The van der Waals surface area contributed by atoms with Gasteiger partial charge < -0.3 is 10.6 Å². The van der Waals surface area contributed by atoms with Gasteiger partial charge in [-0.15, -0.1) is 0 Å². The summed E-state index contributed by atoms with van der Waals surface area (Å²) >= 11 is 0. The molecule has 0 aromatic rings. The topological polar surface area (TPSA) is 27.3 Å². The van der Waals surface area contributed by atoms with E-state index in [9.17, 15) is 0 Å². The Morgan fingerprint density at radius 2 is 1.81 bits per heavy atom. The average molecular weight is 225 g/mol. The molecule has 3 nitrogen and oxygen atoms in total. The molecule has 0 unspecified atom stereocenters. The molecule has 2 N–H and O–H groups in total. The standard InChI is InChI=1S/C13H27N3/c1-2-4-13(5-3-1)12-15-8-11-16-9-6-14-7-10-16/h13-15H,1-12H2. The van der Waals surface area contributed by atoms with Crippen molar-refractivity contribution in [1.29, 1.82) is 0 Å². The predicted molar refractivity (Wildman–Crippen MR) is 68.8 cm³/mol. The van der Waals surface area contributed by atoms with E-state index in [1.54, 1.807) is 0 Å². The Balaban J connectivity index is 1.47. The van der Waals surface area contributed by atoms with E-state index in [4.69, 9.17) is 0 Å². The molecule has 1 saturated carbocycles. The lowest BCUT2D eigenvalue weighted by Crippen LogP contribution is -2.46. The molecule has 0 aromatic heterocycles. The molecule has 3 heteroatoms. The minimum Gasteiger partial charge on any atom is -0.315 e. The summed E-state index contributed by atoms with van der Waals surface area (Å²) in [5, 5.41) is 7.04. The Kier molecular flexibility index (Phi) is 5.59. The maximum absolute atomic E-state index is 3.64. The van der Waals surface area contributed by atoms with E-state index in [2.05, 4.69) is 15.5 Å². The van der Waals surface area contributed by atoms with Crippen molar-refractivity contribution in [3.8, 4) is 0 Å². The van der Waals surface area contributed by atoms with Crippen LogP contribution in [0.3, 0.4) is 0 Å². The monoisotopic (exact) mass is 225 g/mol. The number of nitrogens with zero attached hydrogens (tertiary/aromatic N) is 1. The minimum atomic E-state index is 0.969. The van der Waals surface area contributed by atoms with E-state index < -0.39 is 0 Å². The van der Waals surface area contributed by atoms with Crippen molar-refractivity contribution in [2.24, 2.45) is 5.92 Å². The zero-order valence-corrected chi connectivity index (χ0v) is 10.5. The largest absolute Gasteiger partial charge is 0.315 e. The van der Waals surface area contributed by atoms with Gasteiger partial charge in [-0.2, -0.15) is 0 Å². The number of nitrogens with one attached hydrogen (secondary N) is 2. The van der Waals surface area contributed by atoms with Crippen molar-refractivity contribution >= 4 is 0 Å². The summed E-state index contributed by atoms with van der Waals surface area (Å²) in [7, 11) is 0. The highest BCUT2D eigenvalue weighted by molar-refractivity contribution is 4.70. The Labute approximate surface area is 100.0 Å². The van der Waals surface area contributed by atoms with Gasteiger partial charge in [0.2, 0.25) is 0 Å².